The molecule has 0 aliphatic heterocycles. The fourth-order valence-corrected chi connectivity index (χ4v) is 3.62. The van der Waals surface area contributed by atoms with Gasteiger partial charge in [0.1, 0.15) is 18.2 Å². The Kier molecular flexibility index (Phi) is 8.66. The minimum atomic E-state index is -3.57. The highest BCUT2D eigenvalue weighted by Crippen LogP contribution is 2.64. The molecule has 0 saturated heterocycles. The number of unbranched alkanes of at least 4 members (excludes halogenated alkanes) is 3. The molecule has 0 heterocycles. The number of rotatable bonds is 9. The van der Waals surface area contributed by atoms with Gasteiger partial charge in [-0.25, -0.2) is 0 Å². The van der Waals surface area contributed by atoms with Gasteiger partial charge in [0, 0.05) is 0 Å². The molecule has 0 N–H and O–H groups in total. The maximum absolute atomic E-state index is 10.1. The second-order valence-corrected chi connectivity index (χ2v) is 6.95. The lowest BCUT2D eigenvalue weighted by molar-refractivity contribution is 0.0666. The first kappa shape index (κ1) is 27.4. The Hall–Kier alpha value is -5.61. The van der Waals surface area contributed by atoms with Crippen molar-refractivity contribution in [3.8, 4) is 66.8 Å². The van der Waals surface area contributed by atoms with Crippen LogP contribution in [0.5, 0.6) is 0 Å². The first-order chi connectivity index (χ1) is 15.7. The summed E-state index contributed by atoms with van der Waals surface area (Å²) in [6.45, 7) is 1.87. The molecule has 33 heavy (non-hydrogen) atoms. The molecule has 0 amide bonds. The van der Waals surface area contributed by atoms with E-state index in [0.717, 1.165) is 24.6 Å². The summed E-state index contributed by atoms with van der Waals surface area (Å²) in [5.41, 5.74) is -16.5. The molecule has 0 bridgehead atoms. The first-order valence-electron chi connectivity index (χ1n) is 9.27. The van der Waals surface area contributed by atoms with E-state index in [1.807, 2.05) is 6.92 Å². The summed E-state index contributed by atoms with van der Waals surface area (Å²) in [6.07, 6.45) is 1.44. The van der Waals surface area contributed by atoms with Crippen LogP contribution in [0.2, 0.25) is 0 Å². The number of nitrogens with zero attached hydrogens (tertiary/aromatic N) is 11. The maximum atomic E-state index is 10.1. The van der Waals surface area contributed by atoms with Crippen LogP contribution in [0.4, 0.5) is 0 Å². The monoisotopic (exact) mass is 431 g/mol. The van der Waals surface area contributed by atoms with Crippen molar-refractivity contribution in [2.75, 3.05) is 0 Å². The van der Waals surface area contributed by atoms with E-state index >= 15 is 0 Å². The molecule has 0 aliphatic rings. The zero-order chi connectivity index (χ0) is 25.8. The van der Waals surface area contributed by atoms with Gasteiger partial charge in [-0.1, -0.05) is 32.6 Å². The summed E-state index contributed by atoms with van der Waals surface area (Å²) in [5.74, 6) is 0. The smallest absolute Gasteiger partial charge is 0.196 e. The zero-order valence-electron chi connectivity index (χ0n) is 17.5. The molecule has 0 fully saturated rings. The van der Waals surface area contributed by atoms with Crippen LogP contribution < -0.4 is 0 Å². The van der Waals surface area contributed by atoms with Gasteiger partial charge < -0.3 is 0 Å². The van der Waals surface area contributed by atoms with E-state index < -0.39 is 33.5 Å². The Labute approximate surface area is 191 Å². The Bertz CT molecular complexity index is 1170. The predicted octanol–water partition coefficient (Wildman–Crippen LogP) is 2.65. The Morgan fingerprint density at radius 3 is 1.09 bits per heavy atom. The van der Waals surface area contributed by atoms with Gasteiger partial charge in [0.05, 0.1) is 48.6 Å². The lowest BCUT2D eigenvalue weighted by atomic mass is 9.40. The van der Waals surface area contributed by atoms with Gasteiger partial charge in [-0.05, 0) is 6.42 Å². The van der Waals surface area contributed by atoms with Crippen LogP contribution in [0, 0.1) is 152 Å². The third-order valence-corrected chi connectivity index (χ3v) is 5.62. The summed E-state index contributed by atoms with van der Waals surface area (Å²) < 4.78 is 0. The predicted molar refractivity (Wildman–Crippen MR) is 103 cm³/mol. The van der Waals surface area contributed by atoms with Crippen molar-refractivity contribution in [3.63, 3.8) is 0 Å². The fourth-order valence-electron chi connectivity index (χ4n) is 3.62. The summed E-state index contributed by atoms with van der Waals surface area (Å²) in [7, 11) is 0. The highest BCUT2D eigenvalue weighted by atomic mass is 14.7. The van der Waals surface area contributed by atoms with Crippen molar-refractivity contribution < 1.29 is 0 Å². The highest BCUT2D eigenvalue weighted by Gasteiger charge is 2.81. The third-order valence-electron chi connectivity index (χ3n) is 5.62. The van der Waals surface area contributed by atoms with Gasteiger partial charge in [0.25, 0.3) is 5.41 Å². The van der Waals surface area contributed by atoms with E-state index in [0.29, 0.717) is 12.8 Å². The Morgan fingerprint density at radius 1 is 0.424 bits per heavy atom. The summed E-state index contributed by atoms with van der Waals surface area (Å²) in [4.78, 5) is 0. The lowest BCUT2D eigenvalue weighted by Gasteiger charge is -2.45. The molecule has 0 aromatic heterocycles. The molecule has 11 nitrogen and oxygen atoms in total. The normalized spacial score (nSPS) is 10.8. The van der Waals surface area contributed by atoms with Crippen molar-refractivity contribution in [2.45, 2.75) is 39.0 Å². The molecule has 156 valence electrons. The van der Waals surface area contributed by atoms with Gasteiger partial charge in [0.15, 0.2) is 5.41 Å². The molecular weight excluding hydrogens is 418 g/mol. The molecule has 0 aliphatic carbocycles. The van der Waals surface area contributed by atoms with E-state index in [9.17, 15) is 57.9 Å². The van der Waals surface area contributed by atoms with Crippen LogP contribution in [-0.4, -0.2) is 0 Å². The van der Waals surface area contributed by atoms with E-state index in [1.54, 1.807) is 0 Å². The van der Waals surface area contributed by atoms with E-state index in [4.69, 9.17) is 0 Å². The van der Waals surface area contributed by atoms with E-state index in [2.05, 4.69) is 0 Å². The average molecular weight is 431 g/mol. The van der Waals surface area contributed by atoms with E-state index in [1.165, 1.54) is 48.6 Å². The van der Waals surface area contributed by atoms with Crippen LogP contribution in [0.25, 0.3) is 0 Å². The third kappa shape index (κ3) is 3.17. The Balaban J connectivity index is 8.02. The second-order valence-electron chi connectivity index (χ2n) is 6.95. The fraction of sp³-hybridized carbons (Fsp3) is 0.500. The second kappa shape index (κ2) is 10.4. The van der Waals surface area contributed by atoms with E-state index in [-0.39, 0.29) is 6.42 Å². The van der Waals surface area contributed by atoms with Crippen molar-refractivity contribution in [1.29, 1.82) is 57.9 Å². The molecular formula is C22H13N11. The van der Waals surface area contributed by atoms with Gasteiger partial charge in [0.2, 0.25) is 16.2 Å². The molecule has 0 radical (unpaired) electrons. The molecule has 0 unspecified atom stereocenters. The highest BCUT2D eigenvalue weighted by molar-refractivity contribution is 5.56. The topological polar surface area (TPSA) is 262 Å². The van der Waals surface area contributed by atoms with Crippen molar-refractivity contribution in [1.82, 2.24) is 0 Å². The first-order valence-corrected chi connectivity index (χ1v) is 9.27. The summed E-state index contributed by atoms with van der Waals surface area (Å²) in [5, 5.41) is 109. The summed E-state index contributed by atoms with van der Waals surface area (Å²) >= 11 is 0. The van der Waals surface area contributed by atoms with Crippen LogP contribution in [-0.2, 0) is 0 Å². The quantitative estimate of drug-likeness (QED) is 0.478. The molecule has 0 atom stereocenters. The minimum absolute atomic E-state index is 0.0962. The molecule has 0 aromatic rings. The SMILES string of the molecule is CCCCCCC(C#N)(C#N)C(C#N)(C#N)C(C#N)(C#N)C(C#N)(C#N)C(C#N)(C#N)C#N. The molecule has 0 saturated carbocycles. The standard InChI is InChI=1S/C22H13N11/c1-2-3-4-5-6-18(7-23,8-24)20(12-28,13-29)22(16-32,17-33)21(14-30,15-31)19(9-25,10-26)11-27/h2-6H2,1H3. The molecule has 11 heteroatoms. The zero-order valence-corrected chi connectivity index (χ0v) is 17.5. The van der Waals surface area contributed by atoms with Gasteiger partial charge >= 0.3 is 0 Å². The minimum Gasteiger partial charge on any atom is -0.196 e. The molecule has 0 spiro atoms. The Morgan fingerprint density at radius 2 is 0.818 bits per heavy atom. The van der Waals surface area contributed by atoms with Crippen molar-refractivity contribution in [3.05, 3.63) is 0 Å². The van der Waals surface area contributed by atoms with Gasteiger partial charge in [-0.15, -0.1) is 0 Å². The van der Waals surface area contributed by atoms with Crippen LogP contribution in [0.3, 0.4) is 0 Å². The average Bonchev–Trinajstić information content (AvgIpc) is 2.87. The van der Waals surface area contributed by atoms with Gasteiger partial charge in [-0.2, -0.15) is 57.9 Å². The maximum Gasteiger partial charge on any atom is 0.262 e. The summed E-state index contributed by atoms with van der Waals surface area (Å²) in [6, 6.07) is 13.9. The number of hydrogen-bond donors (Lipinski definition) is 0. The van der Waals surface area contributed by atoms with Crippen molar-refractivity contribution >= 4 is 0 Å². The van der Waals surface area contributed by atoms with Crippen molar-refractivity contribution in [2.24, 2.45) is 27.1 Å². The van der Waals surface area contributed by atoms with Crippen LogP contribution in [0.15, 0.2) is 0 Å². The van der Waals surface area contributed by atoms with Gasteiger partial charge in [-0.3, -0.25) is 0 Å². The molecule has 0 rings (SSSR count). The van der Waals surface area contributed by atoms with Crippen LogP contribution >= 0.6 is 0 Å². The number of hydrogen-bond acceptors (Lipinski definition) is 11. The largest absolute Gasteiger partial charge is 0.262 e. The van der Waals surface area contributed by atoms with Crippen LogP contribution in [0.1, 0.15) is 39.0 Å². The number of nitriles is 11. The molecule has 0 aromatic carbocycles. The lowest BCUT2D eigenvalue weighted by Crippen LogP contribution is -2.62.